The van der Waals surface area contributed by atoms with Crippen LogP contribution in [-0.2, 0) is 17.6 Å². The molecule has 7 nitrogen and oxygen atoms in total. The van der Waals surface area contributed by atoms with Crippen molar-refractivity contribution in [1.29, 1.82) is 0 Å². The molecule has 0 bridgehead atoms. The molecule has 1 fully saturated rings. The van der Waals surface area contributed by atoms with Crippen LogP contribution in [0.4, 0.5) is 0 Å². The second kappa shape index (κ2) is 8.45. The number of H-pyrrole nitrogens is 1. The van der Waals surface area contributed by atoms with Crippen LogP contribution in [0.15, 0.2) is 6.20 Å². The van der Waals surface area contributed by atoms with Gasteiger partial charge in [0.2, 0.25) is 5.91 Å². The van der Waals surface area contributed by atoms with E-state index in [-0.39, 0.29) is 5.91 Å². The van der Waals surface area contributed by atoms with Crippen LogP contribution >= 0.6 is 11.3 Å². The number of piperidine rings is 1. The predicted octanol–water partition coefficient (Wildman–Crippen LogP) is 4.83. The Labute approximate surface area is 209 Å². The van der Waals surface area contributed by atoms with Crippen molar-refractivity contribution in [3.05, 3.63) is 39.2 Å². The molecule has 5 heterocycles. The largest absolute Gasteiger partial charge is 0.369 e. The van der Waals surface area contributed by atoms with E-state index in [9.17, 15) is 4.79 Å². The molecule has 0 atom stereocenters. The minimum absolute atomic E-state index is 0.233. The standard InChI is InChI=1S/C27H34N6OS/c1-14(2)22-23-15(3)25(17-8-10-32(11-9-17)13-21(28)34)35-27(23)30-24(22)20-12-33-26(29-16(4)31-33)19-7-5-6-18(19)20/h12,14,17,30H,5-11,13H2,1-4H3,(H2,28,34). The van der Waals surface area contributed by atoms with E-state index in [4.69, 9.17) is 10.7 Å². The Kier molecular flexibility index (Phi) is 5.49. The number of rotatable bonds is 5. The highest BCUT2D eigenvalue weighted by atomic mass is 32.1. The number of hydrogen-bond acceptors (Lipinski definition) is 5. The molecule has 6 rings (SSSR count). The summed E-state index contributed by atoms with van der Waals surface area (Å²) in [6.45, 7) is 11.1. The molecule has 0 radical (unpaired) electrons. The molecule has 4 aromatic rings. The number of pyridine rings is 1. The molecule has 184 valence electrons. The lowest BCUT2D eigenvalue weighted by Crippen LogP contribution is -2.39. The van der Waals surface area contributed by atoms with Crippen molar-refractivity contribution in [2.45, 2.75) is 71.6 Å². The average molecular weight is 491 g/mol. The lowest BCUT2D eigenvalue weighted by atomic mass is 9.90. The number of aromatic nitrogens is 4. The third-order valence-electron chi connectivity index (χ3n) is 7.95. The van der Waals surface area contributed by atoms with Crippen LogP contribution in [0, 0.1) is 13.8 Å². The van der Waals surface area contributed by atoms with Gasteiger partial charge in [-0.3, -0.25) is 9.69 Å². The average Bonchev–Trinajstić information content (AvgIpc) is 3.56. The van der Waals surface area contributed by atoms with Gasteiger partial charge in [-0.15, -0.1) is 11.3 Å². The van der Waals surface area contributed by atoms with Crippen molar-refractivity contribution in [3.8, 4) is 11.3 Å². The van der Waals surface area contributed by atoms with Gasteiger partial charge < -0.3 is 10.7 Å². The number of aryl methyl sites for hydroxylation is 3. The number of primary amides is 1. The Morgan fingerprint density at radius 1 is 1.23 bits per heavy atom. The zero-order valence-corrected chi connectivity index (χ0v) is 21.9. The van der Waals surface area contributed by atoms with Crippen LogP contribution in [0.5, 0.6) is 0 Å². The Balaban J connectivity index is 1.43. The lowest BCUT2D eigenvalue weighted by Gasteiger charge is -2.31. The number of carbonyl (C=O) groups excluding carboxylic acids is 1. The fraction of sp³-hybridized carbons (Fsp3) is 0.519. The van der Waals surface area contributed by atoms with Crippen LogP contribution in [-0.4, -0.2) is 50.0 Å². The Bertz CT molecular complexity index is 1450. The van der Waals surface area contributed by atoms with E-state index in [0.29, 0.717) is 18.4 Å². The maximum Gasteiger partial charge on any atom is 0.231 e. The van der Waals surface area contributed by atoms with Gasteiger partial charge in [-0.25, -0.2) is 9.50 Å². The topological polar surface area (TPSA) is 92.3 Å². The minimum atomic E-state index is -0.233. The van der Waals surface area contributed by atoms with Crippen molar-refractivity contribution in [3.63, 3.8) is 0 Å². The predicted molar refractivity (Wildman–Crippen MR) is 141 cm³/mol. The molecular formula is C27H34N6OS. The normalized spacial score (nSPS) is 17.3. The highest BCUT2D eigenvalue weighted by Gasteiger charge is 2.30. The maximum atomic E-state index is 11.3. The second-order valence-electron chi connectivity index (χ2n) is 10.7. The van der Waals surface area contributed by atoms with Gasteiger partial charge in [-0.05, 0) is 87.6 Å². The van der Waals surface area contributed by atoms with Crippen LogP contribution in [0.25, 0.3) is 27.1 Å². The summed E-state index contributed by atoms with van der Waals surface area (Å²) >= 11 is 1.93. The molecule has 8 heteroatoms. The first-order chi connectivity index (χ1) is 16.8. The third-order valence-corrected chi connectivity index (χ3v) is 9.32. The Hall–Kier alpha value is -2.71. The van der Waals surface area contributed by atoms with Crippen molar-refractivity contribution in [1.82, 2.24) is 24.5 Å². The first kappa shape index (κ1) is 22.7. The van der Waals surface area contributed by atoms with Gasteiger partial charge in [0.05, 0.1) is 12.2 Å². The quantitative estimate of drug-likeness (QED) is 0.419. The number of nitrogens with one attached hydrogen (secondary N) is 1. The Morgan fingerprint density at radius 3 is 2.69 bits per heavy atom. The van der Waals surface area contributed by atoms with Gasteiger partial charge in [-0.1, -0.05) is 13.8 Å². The van der Waals surface area contributed by atoms with E-state index in [2.05, 4.69) is 42.0 Å². The summed E-state index contributed by atoms with van der Waals surface area (Å²) in [7, 11) is 0. The number of fused-ring (bicyclic) bond motifs is 4. The number of aromatic amines is 1. The molecule has 4 aromatic heterocycles. The van der Waals surface area contributed by atoms with Crippen molar-refractivity contribution in [2.24, 2.45) is 5.73 Å². The van der Waals surface area contributed by atoms with Gasteiger partial charge >= 0.3 is 0 Å². The van der Waals surface area contributed by atoms with E-state index < -0.39 is 0 Å². The first-order valence-electron chi connectivity index (χ1n) is 12.9. The number of carbonyl (C=O) groups is 1. The number of thiophene rings is 1. The highest BCUT2D eigenvalue weighted by molar-refractivity contribution is 7.19. The molecule has 1 aliphatic heterocycles. The zero-order chi connectivity index (χ0) is 24.4. The molecule has 2 aliphatic rings. The molecule has 3 N–H and O–H groups in total. The van der Waals surface area contributed by atoms with E-state index in [1.165, 1.54) is 55.0 Å². The summed E-state index contributed by atoms with van der Waals surface area (Å²) in [5.41, 5.74) is 14.7. The number of nitrogens with zero attached hydrogens (tertiary/aromatic N) is 4. The SMILES string of the molecule is Cc1nc2c3c(c(-c4[nH]c5sc(C6CCN(CC(N)=O)CC6)c(C)c5c4C(C)C)cn2n1)CCC3. The lowest BCUT2D eigenvalue weighted by molar-refractivity contribution is -0.119. The molecule has 35 heavy (non-hydrogen) atoms. The third kappa shape index (κ3) is 3.69. The molecule has 0 saturated carbocycles. The molecule has 1 amide bonds. The summed E-state index contributed by atoms with van der Waals surface area (Å²) in [6.07, 6.45) is 7.72. The summed E-state index contributed by atoms with van der Waals surface area (Å²) in [6, 6.07) is 0. The minimum Gasteiger partial charge on any atom is -0.369 e. The number of nitrogens with two attached hydrogens (primary N) is 1. The molecule has 0 aromatic carbocycles. The Morgan fingerprint density at radius 2 is 1.97 bits per heavy atom. The van der Waals surface area contributed by atoms with Gasteiger partial charge in [0.1, 0.15) is 10.7 Å². The number of likely N-dealkylation sites (tertiary alicyclic amines) is 1. The van der Waals surface area contributed by atoms with Gasteiger partial charge in [0.15, 0.2) is 5.65 Å². The van der Waals surface area contributed by atoms with E-state index in [0.717, 1.165) is 50.2 Å². The molecule has 1 aliphatic carbocycles. The number of amides is 1. The van der Waals surface area contributed by atoms with Crippen molar-refractivity contribution < 1.29 is 4.79 Å². The molecular weight excluding hydrogens is 456 g/mol. The van der Waals surface area contributed by atoms with Crippen molar-refractivity contribution >= 4 is 33.1 Å². The zero-order valence-electron chi connectivity index (χ0n) is 21.1. The van der Waals surface area contributed by atoms with Gasteiger partial charge in [0.25, 0.3) is 0 Å². The van der Waals surface area contributed by atoms with Crippen LogP contribution in [0.3, 0.4) is 0 Å². The fourth-order valence-corrected chi connectivity index (χ4v) is 7.83. The first-order valence-corrected chi connectivity index (χ1v) is 13.7. The number of hydrogen-bond donors (Lipinski definition) is 2. The van der Waals surface area contributed by atoms with Crippen LogP contribution < -0.4 is 5.73 Å². The van der Waals surface area contributed by atoms with Crippen molar-refractivity contribution in [2.75, 3.05) is 19.6 Å². The molecule has 0 unspecified atom stereocenters. The highest BCUT2D eigenvalue weighted by Crippen LogP contribution is 2.47. The van der Waals surface area contributed by atoms with E-state index >= 15 is 0 Å². The maximum absolute atomic E-state index is 11.3. The monoisotopic (exact) mass is 490 g/mol. The van der Waals surface area contributed by atoms with Gasteiger partial charge in [-0.2, -0.15) is 5.10 Å². The summed E-state index contributed by atoms with van der Waals surface area (Å²) < 4.78 is 1.99. The summed E-state index contributed by atoms with van der Waals surface area (Å²) in [5.74, 6) is 1.55. The van der Waals surface area contributed by atoms with Gasteiger partial charge in [0, 0.05) is 27.6 Å². The smallest absolute Gasteiger partial charge is 0.231 e. The van der Waals surface area contributed by atoms with Crippen LogP contribution in [0.2, 0.25) is 0 Å². The second-order valence-corrected chi connectivity index (χ2v) is 11.7. The summed E-state index contributed by atoms with van der Waals surface area (Å²) in [5, 5.41) is 6.08. The van der Waals surface area contributed by atoms with E-state index in [1.54, 1.807) is 0 Å². The molecule has 1 saturated heterocycles. The van der Waals surface area contributed by atoms with Crippen LogP contribution in [0.1, 0.15) is 77.9 Å². The summed E-state index contributed by atoms with van der Waals surface area (Å²) in [4.78, 5) is 24.9. The van der Waals surface area contributed by atoms with E-state index in [1.807, 2.05) is 22.8 Å². The fourth-order valence-electron chi connectivity index (χ4n) is 6.43. The molecule has 0 spiro atoms.